The Morgan fingerprint density at radius 1 is 0.625 bits per heavy atom. The van der Waals surface area contributed by atoms with Gasteiger partial charge in [-0.25, -0.2) is 0 Å². The van der Waals surface area contributed by atoms with E-state index in [4.69, 9.17) is 10.2 Å². The minimum absolute atomic E-state index is 0.476. The zero-order chi connectivity index (χ0) is 18.8. The number of ether oxygens (including phenoxy) is 2. The van der Waals surface area contributed by atoms with Gasteiger partial charge in [0.1, 0.15) is 24.7 Å². The summed E-state index contributed by atoms with van der Waals surface area (Å²) in [4.78, 5) is 0. The van der Waals surface area contributed by atoms with Gasteiger partial charge in [-0.05, 0) is 24.3 Å². The normalized spacial score (nSPS) is 13.8. The van der Waals surface area contributed by atoms with E-state index in [0.29, 0.717) is 24.3 Å². The van der Waals surface area contributed by atoms with Crippen LogP contribution in [0, 0.1) is 0 Å². The van der Waals surface area contributed by atoms with E-state index in [0.717, 1.165) is 0 Å². The number of hydrogen-bond acceptors (Lipinski definition) is 4. The highest BCUT2D eigenvalue weighted by Crippen LogP contribution is 2.38. The van der Waals surface area contributed by atoms with Crippen molar-refractivity contribution >= 4 is 0 Å². The lowest BCUT2D eigenvalue weighted by Crippen LogP contribution is -2.48. The van der Waals surface area contributed by atoms with Crippen LogP contribution in [0.4, 0.5) is 35.1 Å². The van der Waals surface area contributed by atoms with E-state index in [1.54, 1.807) is 0 Å². The lowest BCUT2D eigenvalue weighted by Gasteiger charge is -2.26. The fraction of sp³-hybridized carbons (Fsp3) is 0.500. The summed E-state index contributed by atoms with van der Waals surface area (Å²) in [5.41, 5.74) is 0. The molecule has 0 radical (unpaired) electrons. The van der Waals surface area contributed by atoms with E-state index in [-0.39, 0.29) is 0 Å². The number of benzene rings is 1. The van der Waals surface area contributed by atoms with Gasteiger partial charge in [0, 0.05) is 0 Å². The fourth-order valence-electron chi connectivity index (χ4n) is 1.21. The van der Waals surface area contributed by atoms with Crippen LogP contribution in [-0.2, 0) is 0 Å². The van der Waals surface area contributed by atoms with Gasteiger partial charge in [-0.15, -0.1) is 0 Å². The van der Waals surface area contributed by atoms with E-state index < -0.39 is 48.8 Å². The molecule has 24 heavy (non-hydrogen) atoms. The molecule has 0 aliphatic carbocycles. The van der Waals surface area contributed by atoms with E-state index >= 15 is 0 Å². The Morgan fingerprint density at radius 2 is 0.875 bits per heavy atom. The van der Waals surface area contributed by atoms with Gasteiger partial charge in [-0.1, -0.05) is 0 Å². The molecular formula is C12H10F8O4. The monoisotopic (exact) mass is 370 g/mol. The van der Waals surface area contributed by atoms with E-state index in [1.807, 2.05) is 0 Å². The van der Waals surface area contributed by atoms with Crippen LogP contribution in [0.5, 0.6) is 11.5 Å². The van der Waals surface area contributed by atoms with E-state index in [2.05, 4.69) is 9.47 Å². The van der Waals surface area contributed by atoms with Gasteiger partial charge in [0.25, 0.3) is 0 Å². The van der Waals surface area contributed by atoms with Crippen molar-refractivity contribution in [3.05, 3.63) is 24.3 Å². The summed E-state index contributed by atoms with van der Waals surface area (Å²) in [6, 6.07) is 1.90. The zero-order valence-corrected chi connectivity index (χ0v) is 11.5. The molecular weight excluding hydrogens is 360 g/mol. The molecule has 0 aromatic heterocycles. The van der Waals surface area contributed by atoms with Crippen LogP contribution >= 0.6 is 0 Å². The number of hydrogen-bond donors (Lipinski definition) is 2. The number of rotatable bonds is 8. The van der Waals surface area contributed by atoms with Crippen LogP contribution in [-0.4, -0.2) is 47.5 Å². The molecule has 12 heteroatoms. The Balaban J connectivity index is 2.88. The molecule has 1 aromatic carbocycles. The van der Waals surface area contributed by atoms with Gasteiger partial charge in [-0.3, -0.25) is 0 Å². The quantitative estimate of drug-likeness (QED) is 0.691. The number of aliphatic hydroxyl groups excluding tert-OH is 2. The largest absolute Gasteiger partial charge is 0.466 e. The second-order valence-corrected chi connectivity index (χ2v) is 4.43. The third-order valence-corrected chi connectivity index (χ3v) is 2.56. The first-order valence-electron chi connectivity index (χ1n) is 5.99. The first-order valence-corrected chi connectivity index (χ1v) is 5.99. The average Bonchev–Trinajstić information content (AvgIpc) is 2.48. The molecule has 0 aliphatic heterocycles. The summed E-state index contributed by atoms with van der Waals surface area (Å²) in [5, 5.41) is 16.3. The standard InChI is InChI=1S/C12H10F8O4/c13-9(14,5-21)11(17,18)23-7-1-2-8(4-3-7)24-12(19,20)10(15,16)6-22/h1-4,21-22H,5-6H2. The van der Waals surface area contributed by atoms with Gasteiger partial charge in [-0.2, -0.15) is 35.1 Å². The highest BCUT2D eigenvalue weighted by molar-refractivity contribution is 5.32. The minimum atomic E-state index is -5.11. The lowest BCUT2D eigenvalue weighted by atomic mass is 10.3. The molecule has 0 bridgehead atoms. The van der Waals surface area contributed by atoms with Crippen molar-refractivity contribution in [3.8, 4) is 11.5 Å². The van der Waals surface area contributed by atoms with Crippen molar-refractivity contribution in [1.29, 1.82) is 0 Å². The second-order valence-electron chi connectivity index (χ2n) is 4.43. The summed E-state index contributed by atoms with van der Waals surface area (Å²) in [7, 11) is 0. The third-order valence-electron chi connectivity index (χ3n) is 2.56. The van der Waals surface area contributed by atoms with Crippen LogP contribution < -0.4 is 9.47 Å². The highest BCUT2D eigenvalue weighted by Gasteiger charge is 2.60. The molecule has 0 saturated carbocycles. The zero-order valence-electron chi connectivity index (χ0n) is 11.5. The molecule has 0 spiro atoms. The Hall–Kier alpha value is -1.82. The summed E-state index contributed by atoms with van der Waals surface area (Å²) in [6.07, 6.45) is -10.2. The summed E-state index contributed by atoms with van der Waals surface area (Å²) in [6.45, 7) is -4.44. The minimum Gasteiger partial charge on any atom is -0.428 e. The molecule has 2 N–H and O–H groups in total. The molecule has 0 heterocycles. The topological polar surface area (TPSA) is 58.9 Å². The van der Waals surface area contributed by atoms with Gasteiger partial charge < -0.3 is 19.7 Å². The van der Waals surface area contributed by atoms with Crippen LogP contribution in [0.25, 0.3) is 0 Å². The van der Waals surface area contributed by atoms with Crippen molar-refractivity contribution in [3.63, 3.8) is 0 Å². The molecule has 138 valence electrons. The summed E-state index contributed by atoms with van der Waals surface area (Å²) < 4.78 is 110. The molecule has 0 fully saturated rings. The summed E-state index contributed by atoms with van der Waals surface area (Å²) >= 11 is 0. The maximum Gasteiger partial charge on any atom is 0.466 e. The van der Waals surface area contributed by atoms with Crippen LogP contribution in [0.3, 0.4) is 0 Å². The Morgan fingerprint density at radius 3 is 1.08 bits per heavy atom. The molecule has 1 rings (SSSR count). The Kier molecular flexibility index (Phi) is 5.55. The predicted octanol–water partition coefficient (Wildman–Crippen LogP) is 2.89. The van der Waals surface area contributed by atoms with E-state index in [1.165, 1.54) is 0 Å². The van der Waals surface area contributed by atoms with Gasteiger partial charge in [0.05, 0.1) is 0 Å². The molecule has 0 amide bonds. The second kappa shape index (κ2) is 6.59. The summed E-state index contributed by atoms with van der Waals surface area (Å²) in [5.74, 6) is -11.7. The smallest absolute Gasteiger partial charge is 0.428 e. The van der Waals surface area contributed by atoms with Crippen molar-refractivity contribution < 1.29 is 54.8 Å². The van der Waals surface area contributed by atoms with Gasteiger partial charge in [0.15, 0.2) is 0 Å². The molecule has 0 atom stereocenters. The van der Waals surface area contributed by atoms with Crippen LogP contribution in [0.1, 0.15) is 0 Å². The average molecular weight is 370 g/mol. The van der Waals surface area contributed by atoms with Crippen molar-refractivity contribution in [2.75, 3.05) is 13.2 Å². The molecule has 0 saturated heterocycles. The predicted molar refractivity (Wildman–Crippen MR) is 61.7 cm³/mol. The number of halogens is 8. The Bertz CT molecular complexity index is 497. The maximum absolute atomic E-state index is 13.1. The Labute approximate surface area is 129 Å². The van der Waals surface area contributed by atoms with Crippen molar-refractivity contribution in [1.82, 2.24) is 0 Å². The van der Waals surface area contributed by atoms with Crippen LogP contribution in [0.2, 0.25) is 0 Å². The third kappa shape index (κ3) is 4.17. The number of alkyl halides is 8. The molecule has 4 nitrogen and oxygen atoms in total. The lowest BCUT2D eigenvalue weighted by molar-refractivity contribution is -0.318. The maximum atomic E-state index is 13.1. The van der Waals surface area contributed by atoms with Crippen LogP contribution in [0.15, 0.2) is 24.3 Å². The first kappa shape index (κ1) is 20.2. The highest BCUT2D eigenvalue weighted by atomic mass is 19.3. The first-order chi connectivity index (χ1) is 10.8. The van der Waals surface area contributed by atoms with Gasteiger partial charge >= 0.3 is 24.1 Å². The molecule has 0 unspecified atom stereocenters. The molecule has 1 aromatic rings. The molecule has 0 aliphatic rings. The number of aliphatic hydroxyl groups is 2. The SMILES string of the molecule is OCC(F)(F)C(F)(F)Oc1ccc(OC(F)(F)C(F)(F)CO)cc1. The van der Waals surface area contributed by atoms with E-state index in [9.17, 15) is 35.1 Å². The van der Waals surface area contributed by atoms with Gasteiger partial charge in [0.2, 0.25) is 0 Å². The van der Waals surface area contributed by atoms with Crippen molar-refractivity contribution in [2.45, 2.75) is 24.1 Å². The fourth-order valence-corrected chi connectivity index (χ4v) is 1.21. The van der Waals surface area contributed by atoms with Crippen molar-refractivity contribution in [2.24, 2.45) is 0 Å².